The van der Waals surface area contributed by atoms with Crippen LogP contribution in [0, 0.1) is 0 Å². The van der Waals surface area contributed by atoms with Crippen molar-refractivity contribution in [3.05, 3.63) is 23.3 Å². The third-order valence-electron chi connectivity index (χ3n) is 3.69. The normalized spacial score (nSPS) is 19.3. The van der Waals surface area contributed by atoms with Gasteiger partial charge in [-0.25, -0.2) is 9.97 Å². The minimum absolute atomic E-state index is 0.465. The van der Waals surface area contributed by atoms with Gasteiger partial charge >= 0.3 is 0 Å². The molecule has 2 rings (SSSR count). The molecule has 0 saturated heterocycles. The molecule has 0 spiro atoms. The van der Waals surface area contributed by atoms with Crippen molar-refractivity contribution in [3.63, 3.8) is 0 Å². The Hall–Kier alpha value is -0.960. The number of hydrogen-bond acceptors (Lipinski definition) is 3. The number of nitrogens with one attached hydrogen (secondary N) is 1. The summed E-state index contributed by atoms with van der Waals surface area (Å²) in [7, 11) is 0. The first-order chi connectivity index (χ1) is 8.85. The van der Waals surface area contributed by atoms with Gasteiger partial charge in [-0.2, -0.15) is 0 Å². The van der Waals surface area contributed by atoms with Gasteiger partial charge < -0.3 is 5.32 Å². The second-order valence-corrected chi connectivity index (χ2v) is 5.15. The molecule has 0 saturated carbocycles. The zero-order chi connectivity index (χ0) is 12.8. The minimum atomic E-state index is 0.465. The maximum atomic E-state index is 4.79. The van der Waals surface area contributed by atoms with Crippen molar-refractivity contribution in [3.8, 4) is 0 Å². The van der Waals surface area contributed by atoms with Gasteiger partial charge in [-0.1, -0.05) is 26.7 Å². The van der Waals surface area contributed by atoms with Crippen molar-refractivity contribution in [2.45, 2.75) is 64.8 Å². The molecular weight excluding hydrogens is 222 g/mol. The lowest BCUT2D eigenvalue weighted by molar-refractivity contribution is 0.502. The molecule has 3 nitrogen and oxygen atoms in total. The number of hydrogen-bond donors (Lipinski definition) is 1. The van der Waals surface area contributed by atoms with Crippen LogP contribution in [-0.4, -0.2) is 16.5 Å². The average Bonchev–Trinajstić information content (AvgIpc) is 2.59. The molecule has 3 heteroatoms. The van der Waals surface area contributed by atoms with E-state index in [1.165, 1.54) is 43.4 Å². The van der Waals surface area contributed by atoms with Crippen molar-refractivity contribution < 1.29 is 0 Å². The Morgan fingerprint density at radius 3 is 3.00 bits per heavy atom. The first-order valence-electron chi connectivity index (χ1n) is 7.43. The molecule has 1 heterocycles. The average molecular weight is 247 g/mol. The van der Waals surface area contributed by atoms with Gasteiger partial charge in [0, 0.05) is 29.9 Å². The maximum absolute atomic E-state index is 4.79. The molecule has 0 aliphatic heterocycles. The third-order valence-corrected chi connectivity index (χ3v) is 3.69. The van der Waals surface area contributed by atoms with Crippen LogP contribution in [-0.2, 0) is 12.8 Å². The van der Waals surface area contributed by atoms with E-state index in [0.29, 0.717) is 6.04 Å². The van der Waals surface area contributed by atoms with E-state index in [4.69, 9.17) is 4.98 Å². The number of aryl methyl sites for hydroxylation is 2. The standard InChI is InChI=1S/C15H25N3/c1-3-5-10-15-17-11-12-13(16-4-2)8-6-7-9-14(12)18-15/h11,13,16H,3-10H2,1-2H3. The van der Waals surface area contributed by atoms with Crippen LogP contribution < -0.4 is 5.32 Å². The number of rotatable bonds is 5. The number of aromatic nitrogens is 2. The van der Waals surface area contributed by atoms with Gasteiger partial charge in [0.15, 0.2) is 0 Å². The van der Waals surface area contributed by atoms with Crippen molar-refractivity contribution >= 4 is 0 Å². The molecule has 100 valence electrons. The Morgan fingerprint density at radius 1 is 1.33 bits per heavy atom. The smallest absolute Gasteiger partial charge is 0.128 e. The molecule has 1 atom stereocenters. The Morgan fingerprint density at radius 2 is 2.22 bits per heavy atom. The highest BCUT2D eigenvalue weighted by molar-refractivity contribution is 5.23. The molecule has 0 amide bonds. The van der Waals surface area contributed by atoms with Crippen molar-refractivity contribution in [1.29, 1.82) is 0 Å². The van der Waals surface area contributed by atoms with Crippen LogP contribution in [0.4, 0.5) is 0 Å². The van der Waals surface area contributed by atoms with Gasteiger partial charge in [-0.05, 0) is 32.2 Å². The van der Waals surface area contributed by atoms with Crippen LogP contribution in [0.25, 0.3) is 0 Å². The molecular formula is C15H25N3. The summed E-state index contributed by atoms with van der Waals surface area (Å²) in [6.45, 7) is 5.40. The lowest BCUT2D eigenvalue weighted by atomic mass is 10.0. The molecule has 1 aliphatic carbocycles. The first-order valence-corrected chi connectivity index (χ1v) is 7.43. The molecule has 0 aromatic carbocycles. The van der Waals surface area contributed by atoms with E-state index in [0.717, 1.165) is 25.2 Å². The zero-order valence-electron chi connectivity index (χ0n) is 11.7. The Balaban J connectivity index is 2.18. The van der Waals surface area contributed by atoms with Crippen LogP contribution >= 0.6 is 0 Å². The molecule has 1 unspecified atom stereocenters. The number of nitrogens with zero attached hydrogens (tertiary/aromatic N) is 2. The van der Waals surface area contributed by atoms with Crippen LogP contribution in [0.2, 0.25) is 0 Å². The van der Waals surface area contributed by atoms with Crippen LogP contribution in [0.3, 0.4) is 0 Å². The summed E-state index contributed by atoms with van der Waals surface area (Å²) in [5, 5.41) is 3.56. The second kappa shape index (κ2) is 6.83. The summed E-state index contributed by atoms with van der Waals surface area (Å²) in [6.07, 6.45) is 10.4. The predicted octanol–water partition coefficient (Wildman–Crippen LogP) is 3.20. The van der Waals surface area contributed by atoms with Gasteiger partial charge in [0.1, 0.15) is 5.82 Å². The monoisotopic (exact) mass is 247 g/mol. The first kappa shape index (κ1) is 13.5. The lowest BCUT2D eigenvalue weighted by Crippen LogP contribution is -2.22. The second-order valence-electron chi connectivity index (χ2n) is 5.15. The van der Waals surface area contributed by atoms with Gasteiger partial charge in [0.25, 0.3) is 0 Å². The minimum Gasteiger partial charge on any atom is -0.310 e. The fourth-order valence-electron chi connectivity index (χ4n) is 2.67. The van der Waals surface area contributed by atoms with Crippen LogP contribution in [0.5, 0.6) is 0 Å². The Labute approximate surface area is 110 Å². The van der Waals surface area contributed by atoms with E-state index in [1.807, 2.05) is 0 Å². The molecule has 1 aromatic heterocycles. The van der Waals surface area contributed by atoms with Crippen LogP contribution in [0.15, 0.2) is 6.20 Å². The SMILES string of the molecule is CCCCc1ncc2c(n1)CCCCC2NCC. The summed E-state index contributed by atoms with van der Waals surface area (Å²) >= 11 is 0. The topological polar surface area (TPSA) is 37.8 Å². The predicted molar refractivity (Wildman–Crippen MR) is 74.6 cm³/mol. The number of fused-ring (bicyclic) bond motifs is 1. The zero-order valence-corrected chi connectivity index (χ0v) is 11.7. The van der Waals surface area contributed by atoms with E-state index in [-0.39, 0.29) is 0 Å². The van der Waals surface area contributed by atoms with Crippen molar-refractivity contribution in [2.75, 3.05) is 6.54 Å². The molecule has 0 radical (unpaired) electrons. The van der Waals surface area contributed by atoms with Crippen LogP contribution in [0.1, 0.15) is 69.1 Å². The quantitative estimate of drug-likeness (QED) is 0.812. The third kappa shape index (κ3) is 3.29. The fourth-order valence-corrected chi connectivity index (χ4v) is 2.67. The maximum Gasteiger partial charge on any atom is 0.128 e. The molecule has 18 heavy (non-hydrogen) atoms. The van der Waals surface area contributed by atoms with E-state index >= 15 is 0 Å². The Bertz CT molecular complexity index is 376. The summed E-state index contributed by atoms with van der Waals surface area (Å²) in [5.41, 5.74) is 2.63. The lowest BCUT2D eigenvalue weighted by Gasteiger charge is -2.17. The number of unbranched alkanes of at least 4 members (excludes halogenated alkanes) is 1. The van der Waals surface area contributed by atoms with E-state index in [9.17, 15) is 0 Å². The Kier molecular flexibility index (Phi) is 5.12. The molecule has 1 N–H and O–H groups in total. The highest BCUT2D eigenvalue weighted by Crippen LogP contribution is 2.27. The summed E-state index contributed by atoms with van der Waals surface area (Å²) in [4.78, 5) is 9.34. The van der Waals surface area contributed by atoms with E-state index in [1.54, 1.807) is 0 Å². The van der Waals surface area contributed by atoms with E-state index in [2.05, 4.69) is 30.3 Å². The van der Waals surface area contributed by atoms with Gasteiger partial charge in [-0.15, -0.1) is 0 Å². The molecule has 0 bridgehead atoms. The molecule has 1 aliphatic rings. The van der Waals surface area contributed by atoms with Crippen molar-refractivity contribution in [2.24, 2.45) is 0 Å². The van der Waals surface area contributed by atoms with Crippen molar-refractivity contribution in [1.82, 2.24) is 15.3 Å². The molecule has 0 fully saturated rings. The molecule has 1 aromatic rings. The highest BCUT2D eigenvalue weighted by atomic mass is 14.9. The van der Waals surface area contributed by atoms with E-state index < -0.39 is 0 Å². The summed E-state index contributed by atoms with van der Waals surface area (Å²) in [6, 6.07) is 0.465. The largest absolute Gasteiger partial charge is 0.310 e. The summed E-state index contributed by atoms with van der Waals surface area (Å²) in [5.74, 6) is 1.03. The summed E-state index contributed by atoms with van der Waals surface area (Å²) < 4.78 is 0. The fraction of sp³-hybridized carbons (Fsp3) is 0.733. The van der Waals surface area contributed by atoms with Gasteiger partial charge in [0.05, 0.1) is 0 Å². The van der Waals surface area contributed by atoms with Gasteiger partial charge in [-0.3, -0.25) is 0 Å². The highest BCUT2D eigenvalue weighted by Gasteiger charge is 2.19. The van der Waals surface area contributed by atoms with Gasteiger partial charge in [0.2, 0.25) is 0 Å².